The maximum Gasteiger partial charge on any atom is 0.0639 e. The Morgan fingerprint density at radius 3 is 2.80 bits per heavy atom. The number of hydrogen-bond acceptors (Lipinski definition) is 4. The average molecular weight is 211 g/mol. The predicted octanol–water partition coefficient (Wildman–Crippen LogP) is 0.287. The van der Waals surface area contributed by atoms with Crippen molar-refractivity contribution in [2.45, 2.75) is 32.4 Å². The molecule has 0 radical (unpaired) electrons. The van der Waals surface area contributed by atoms with Crippen molar-refractivity contribution >= 4 is 0 Å². The number of piperazine rings is 1. The van der Waals surface area contributed by atoms with Gasteiger partial charge in [-0.3, -0.25) is 9.80 Å². The van der Waals surface area contributed by atoms with Crippen LogP contribution in [0.3, 0.4) is 0 Å². The van der Waals surface area contributed by atoms with Crippen LogP contribution in [0.5, 0.6) is 0 Å². The van der Waals surface area contributed by atoms with E-state index in [9.17, 15) is 5.11 Å². The van der Waals surface area contributed by atoms with Crippen LogP contribution in [0, 0.1) is 11.3 Å². The summed E-state index contributed by atoms with van der Waals surface area (Å²) < 4.78 is 0. The maximum absolute atomic E-state index is 9.33. The molecule has 0 bridgehead atoms. The third kappa shape index (κ3) is 4.17. The van der Waals surface area contributed by atoms with E-state index in [0.29, 0.717) is 12.5 Å². The molecule has 0 aliphatic carbocycles. The van der Waals surface area contributed by atoms with Crippen LogP contribution in [0.25, 0.3) is 0 Å². The first-order valence-electron chi connectivity index (χ1n) is 5.65. The van der Waals surface area contributed by atoms with Crippen LogP contribution >= 0.6 is 0 Å². The van der Waals surface area contributed by atoms with Gasteiger partial charge in [-0.1, -0.05) is 0 Å². The van der Waals surface area contributed by atoms with Crippen LogP contribution < -0.4 is 0 Å². The van der Waals surface area contributed by atoms with Crippen LogP contribution in [0.4, 0.5) is 0 Å². The second kappa shape index (κ2) is 6.06. The number of hydrogen-bond donors (Lipinski definition) is 1. The van der Waals surface area contributed by atoms with Crippen molar-refractivity contribution in [3.05, 3.63) is 0 Å². The number of aliphatic hydroxyl groups is 1. The molecule has 4 nitrogen and oxygen atoms in total. The topological polar surface area (TPSA) is 50.5 Å². The van der Waals surface area contributed by atoms with Crippen LogP contribution in [-0.2, 0) is 0 Å². The van der Waals surface area contributed by atoms with E-state index in [1.54, 1.807) is 0 Å². The van der Waals surface area contributed by atoms with E-state index >= 15 is 0 Å². The van der Waals surface area contributed by atoms with Crippen LogP contribution in [0.2, 0.25) is 0 Å². The van der Waals surface area contributed by atoms with Crippen LogP contribution in [0.15, 0.2) is 0 Å². The summed E-state index contributed by atoms with van der Waals surface area (Å²) >= 11 is 0. The molecule has 1 saturated heterocycles. The molecular weight excluding hydrogens is 190 g/mol. The second-order valence-electron chi connectivity index (χ2n) is 4.40. The summed E-state index contributed by atoms with van der Waals surface area (Å²) in [7, 11) is 0. The molecule has 0 aromatic carbocycles. The molecule has 0 saturated carbocycles. The van der Waals surface area contributed by atoms with E-state index < -0.39 is 0 Å². The van der Waals surface area contributed by atoms with Gasteiger partial charge in [-0.05, 0) is 13.8 Å². The van der Waals surface area contributed by atoms with Crippen LogP contribution in [-0.4, -0.2) is 59.8 Å². The molecule has 0 spiro atoms. The van der Waals surface area contributed by atoms with E-state index in [0.717, 1.165) is 32.7 Å². The Labute approximate surface area is 92.1 Å². The summed E-state index contributed by atoms with van der Waals surface area (Å²) in [5.74, 6) is 0. The standard InChI is InChI=1S/C11H21N3O/c1-10-8-13(5-3-4-12)6-7-14(10)9-11(2)15/h10-11,15H,3,5-9H2,1-2H3. The van der Waals surface area contributed by atoms with Gasteiger partial charge in [-0.15, -0.1) is 0 Å². The van der Waals surface area contributed by atoms with Gasteiger partial charge in [0.15, 0.2) is 0 Å². The summed E-state index contributed by atoms with van der Waals surface area (Å²) in [5.41, 5.74) is 0. The van der Waals surface area contributed by atoms with E-state index in [4.69, 9.17) is 5.26 Å². The van der Waals surface area contributed by atoms with Crippen molar-refractivity contribution < 1.29 is 5.11 Å². The van der Waals surface area contributed by atoms with Crippen LogP contribution in [0.1, 0.15) is 20.3 Å². The first-order chi connectivity index (χ1) is 7.13. The van der Waals surface area contributed by atoms with E-state index in [1.165, 1.54) is 0 Å². The quantitative estimate of drug-likeness (QED) is 0.726. The number of aliphatic hydroxyl groups excluding tert-OH is 1. The van der Waals surface area contributed by atoms with Gasteiger partial charge in [-0.25, -0.2) is 0 Å². The predicted molar refractivity (Wildman–Crippen MR) is 59.4 cm³/mol. The van der Waals surface area contributed by atoms with Crippen molar-refractivity contribution in [2.75, 3.05) is 32.7 Å². The van der Waals surface area contributed by atoms with Gasteiger partial charge in [0.25, 0.3) is 0 Å². The Kier molecular flexibility index (Phi) is 5.03. The molecule has 0 amide bonds. The van der Waals surface area contributed by atoms with E-state index in [1.807, 2.05) is 6.92 Å². The average Bonchev–Trinajstić information content (AvgIpc) is 2.18. The van der Waals surface area contributed by atoms with Gasteiger partial charge >= 0.3 is 0 Å². The highest BCUT2D eigenvalue weighted by molar-refractivity contribution is 4.82. The van der Waals surface area contributed by atoms with Gasteiger partial charge in [-0.2, -0.15) is 5.26 Å². The molecule has 1 aliphatic heterocycles. The minimum atomic E-state index is -0.252. The number of nitrogens with zero attached hydrogens (tertiary/aromatic N) is 3. The zero-order valence-electron chi connectivity index (χ0n) is 9.69. The Bertz CT molecular complexity index is 224. The normalized spacial score (nSPS) is 26.1. The molecule has 1 heterocycles. The summed E-state index contributed by atoms with van der Waals surface area (Å²) in [4.78, 5) is 4.64. The zero-order valence-corrected chi connectivity index (χ0v) is 9.69. The first kappa shape index (κ1) is 12.4. The number of β-amino-alcohol motifs (C(OH)–C–C–N with tert-alkyl or cyclic N) is 1. The Morgan fingerprint density at radius 2 is 2.27 bits per heavy atom. The molecule has 1 rings (SSSR count). The summed E-state index contributed by atoms with van der Waals surface area (Å²) in [6, 6.07) is 2.66. The van der Waals surface area contributed by atoms with Gasteiger partial charge in [0.2, 0.25) is 0 Å². The maximum atomic E-state index is 9.33. The molecule has 1 fully saturated rings. The Morgan fingerprint density at radius 1 is 1.53 bits per heavy atom. The van der Waals surface area contributed by atoms with Crippen molar-refractivity contribution in [3.63, 3.8) is 0 Å². The lowest BCUT2D eigenvalue weighted by Gasteiger charge is -2.40. The highest BCUT2D eigenvalue weighted by Crippen LogP contribution is 2.10. The molecule has 2 unspecified atom stereocenters. The van der Waals surface area contributed by atoms with E-state index in [-0.39, 0.29) is 6.10 Å². The van der Waals surface area contributed by atoms with Crippen molar-refractivity contribution in [1.29, 1.82) is 5.26 Å². The van der Waals surface area contributed by atoms with E-state index in [2.05, 4.69) is 22.8 Å². The summed E-state index contributed by atoms with van der Waals surface area (Å²) in [6.45, 7) is 8.66. The lowest BCUT2D eigenvalue weighted by Crippen LogP contribution is -2.53. The fraction of sp³-hybridized carbons (Fsp3) is 0.909. The molecule has 15 heavy (non-hydrogen) atoms. The lowest BCUT2D eigenvalue weighted by molar-refractivity contribution is 0.0460. The summed E-state index contributed by atoms with van der Waals surface area (Å²) in [6.07, 6.45) is 0.362. The smallest absolute Gasteiger partial charge is 0.0639 e. The van der Waals surface area contributed by atoms with Gasteiger partial charge in [0, 0.05) is 45.2 Å². The fourth-order valence-electron chi connectivity index (χ4n) is 2.09. The molecule has 0 aromatic heterocycles. The molecular formula is C11H21N3O. The minimum Gasteiger partial charge on any atom is -0.392 e. The van der Waals surface area contributed by atoms with Gasteiger partial charge in [0.1, 0.15) is 0 Å². The molecule has 1 aliphatic rings. The number of nitriles is 1. The number of rotatable bonds is 4. The lowest BCUT2D eigenvalue weighted by atomic mass is 10.1. The molecule has 4 heteroatoms. The third-order valence-electron chi connectivity index (χ3n) is 2.89. The summed E-state index contributed by atoms with van der Waals surface area (Å²) in [5, 5.41) is 17.8. The van der Waals surface area contributed by atoms with Crippen molar-refractivity contribution in [1.82, 2.24) is 9.80 Å². The van der Waals surface area contributed by atoms with Crippen molar-refractivity contribution in [3.8, 4) is 6.07 Å². The van der Waals surface area contributed by atoms with Crippen molar-refractivity contribution in [2.24, 2.45) is 0 Å². The van der Waals surface area contributed by atoms with Gasteiger partial charge in [0.05, 0.1) is 12.2 Å². The zero-order chi connectivity index (χ0) is 11.3. The highest BCUT2D eigenvalue weighted by atomic mass is 16.3. The minimum absolute atomic E-state index is 0.252. The fourth-order valence-corrected chi connectivity index (χ4v) is 2.09. The Balaban J connectivity index is 2.31. The Hall–Kier alpha value is -0.630. The largest absolute Gasteiger partial charge is 0.392 e. The second-order valence-corrected chi connectivity index (χ2v) is 4.40. The molecule has 86 valence electrons. The molecule has 1 N–H and O–H groups in total. The first-order valence-corrected chi connectivity index (χ1v) is 5.65. The van der Waals surface area contributed by atoms with Gasteiger partial charge < -0.3 is 5.11 Å². The molecule has 2 atom stereocenters. The monoisotopic (exact) mass is 211 g/mol. The SMILES string of the molecule is CC(O)CN1CCN(CCC#N)CC1C. The highest BCUT2D eigenvalue weighted by Gasteiger charge is 2.23. The molecule has 0 aromatic rings. The third-order valence-corrected chi connectivity index (χ3v) is 2.89.